The van der Waals surface area contributed by atoms with Gasteiger partial charge in [-0.2, -0.15) is 13.2 Å². The number of hydrogen-bond acceptors (Lipinski definition) is 2. The molecule has 24 heavy (non-hydrogen) atoms. The van der Waals surface area contributed by atoms with Crippen LogP contribution in [0.5, 0.6) is 0 Å². The molecule has 1 aromatic heterocycles. The van der Waals surface area contributed by atoms with Crippen LogP contribution in [0.1, 0.15) is 24.5 Å². The highest BCUT2D eigenvalue weighted by atomic mass is 19.4. The SMILES string of the molecule is CCCOC=Cc1cn(C)cc(-c2cccc(C(F)(F)F)c2)c1=O. The Kier molecular flexibility index (Phi) is 5.49. The van der Waals surface area contributed by atoms with Crippen LogP contribution in [-0.2, 0) is 18.0 Å². The van der Waals surface area contributed by atoms with Crippen molar-refractivity contribution in [2.75, 3.05) is 6.61 Å². The monoisotopic (exact) mass is 337 g/mol. The van der Waals surface area contributed by atoms with Crippen molar-refractivity contribution in [2.45, 2.75) is 19.5 Å². The molecule has 0 saturated heterocycles. The maximum Gasteiger partial charge on any atom is 0.416 e. The molecular weight excluding hydrogens is 319 g/mol. The maximum absolute atomic E-state index is 12.9. The Morgan fingerprint density at radius 2 is 2.00 bits per heavy atom. The van der Waals surface area contributed by atoms with E-state index in [1.54, 1.807) is 17.8 Å². The summed E-state index contributed by atoms with van der Waals surface area (Å²) < 4.78 is 45.5. The third-order valence-corrected chi connectivity index (χ3v) is 3.35. The molecular formula is C18H18F3NO2. The van der Waals surface area contributed by atoms with Crippen LogP contribution in [0, 0.1) is 0 Å². The molecule has 6 heteroatoms. The van der Waals surface area contributed by atoms with E-state index >= 15 is 0 Å². The number of pyridine rings is 1. The van der Waals surface area contributed by atoms with E-state index in [4.69, 9.17) is 4.74 Å². The fourth-order valence-corrected chi connectivity index (χ4v) is 2.23. The second kappa shape index (κ2) is 7.38. The van der Waals surface area contributed by atoms with Crippen LogP contribution >= 0.6 is 0 Å². The van der Waals surface area contributed by atoms with Gasteiger partial charge in [-0.3, -0.25) is 4.79 Å². The van der Waals surface area contributed by atoms with Gasteiger partial charge in [-0.05, 0) is 30.2 Å². The van der Waals surface area contributed by atoms with Gasteiger partial charge in [-0.25, -0.2) is 0 Å². The number of aromatic nitrogens is 1. The number of ether oxygens (including phenoxy) is 1. The molecule has 0 radical (unpaired) electrons. The summed E-state index contributed by atoms with van der Waals surface area (Å²) in [4.78, 5) is 12.5. The Hall–Kier alpha value is -2.50. The highest BCUT2D eigenvalue weighted by Gasteiger charge is 2.30. The first-order valence-electron chi connectivity index (χ1n) is 7.49. The minimum atomic E-state index is -4.45. The standard InChI is InChI=1S/C18H18F3NO2/c1-3-8-24-9-7-14-11-22(2)12-16(17(14)23)13-5-4-6-15(10-13)18(19,20)21/h4-7,9-12H,3,8H2,1-2H3. The molecule has 0 aliphatic rings. The average molecular weight is 337 g/mol. The van der Waals surface area contributed by atoms with E-state index in [0.29, 0.717) is 12.2 Å². The number of hydrogen-bond donors (Lipinski definition) is 0. The molecule has 3 nitrogen and oxygen atoms in total. The molecule has 0 bridgehead atoms. The van der Waals surface area contributed by atoms with Crippen LogP contribution in [0.3, 0.4) is 0 Å². The van der Waals surface area contributed by atoms with Gasteiger partial charge in [0.25, 0.3) is 0 Å². The van der Waals surface area contributed by atoms with E-state index in [-0.39, 0.29) is 16.6 Å². The first-order chi connectivity index (χ1) is 11.3. The summed E-state index contributed by atoms with van der Waals surface area (Å²) >= 11 is 0. The van der Waals surface area contributed by atoms with E-state index in [1.165, 1.54) is 30.7 Å². The fraction of sp³-hybridized carbons (Fsp3) is 0.278. The Bertz CT molecular complexity index is 792. The predicted octanol–water partition coefficient (Wildman–Crippen LogP) is 4.47. The number of benzene rings is 1. The van der Waals surface area contributed by atoms with Gasteiger partial charge in [0.05, 0.1) is 18.4 Å². The molecule has 0 unspecified atom stereocenters. The first-order valence-corrected chi connectivity index (χ1v) is 7.49. The normalized spacial score (nSPS) is 11.9. The van der Waals surface area contributed by atoms with Crippen molar-refractivity contribution in [1.29, 1.82) is 0 Å². The molecule has 2 rings (SSSR count). The van der Waals surface area contributed by atoms with Crippen molar-refractivity contribution in [3.05, 3.63) is 64.3 Å². The molecule has 0 fully saturated rings. The fourth-order valence-electron chi connectivity index (χ4n) is 2.23. The lowest BCUT2D eigenvalue weighted by Crippen LogP contribution is -2.12. The summed E-state index contributed by atoms with van der Waals surface area (Å²) in [5.74, 6) is 0. The molecule has 0 N–H and O–H groups in total. The van der Waals surface area contributed by atoms with Gasteiger partial charge in [0.2, 0.25) is 0 Å². The van der Waals surface area contributed by atoms with Gasteiger partial charge in [0, 0.05) is 30.6 Å². The average Bonchev–Trinajstić information content (AvgIpc) is 2.53. The molecule has 0 aliphatic heterocycles. The summed E-state index contributed by atoms with van der Waals surface area (Å²) in [5.41, 5.74) is -0.335. The van der Waals surface area contributed by atoms with Crippen LogP contribution in [0.4, 0.5) is 13.2 Å². The van der Waals surface area contributed by atoms with Gasteiger partial charge in [-0.1, -0.05) is 19.1 Å². The Labute approximate surface area is 138 Å². The van der Waals surface area contributed by atoms with Crippen molar-refractivity contribution < 1.29 is 17.9 Å². The lowest BCUT2D eigenvalue weighted by Gasteiger charge is -2.10. The zero-order valence-corrected chi connectivity index (χ0v) is 13.4. The zero-order chi connectivity index (χ0) is 17.7. The van der Waals surface area contributed by atoms with E-state index in [1.807, 2.05) is 6.92 Å². The van der Waals surface area contributed by atoms with E-state index < -0.39 is 11.7 Å². The van der Waals surface area contributed by atoms with Crippen LogP contribution < -0.4 is 5.43 Å². The van der Waals surface area contributed by atoms with Crippen LogP contribution in [0.15, 0.2) is 47.7 Å². The van der Waals surface area contributed by atoms with Gasteiger partial charge in [-0.15, -0.1) is 0 Å². The highest BCUT2D eigenvalue weighted by molar-refractivity contribution is 5.66. The first kappa shape index (κ1) is 17.8. The van der Waals surface area contributed by atoms with Gasteiger partial charge in [0.15, 0.2) is 5.43 Å². The van der Waals surface area contributed by atoms with Crippen molar-refractivity contribution in [3.63, 3.8) is 0 Å². The summed E-state index contributed by atoms with van der Waals surface area (Å²) in [6, 6.07) is 4.76. The Morgan fingerprint density at radius 3 is 2.67 bits per heavy atom. The molecule has 2 aromatic rings. The summed E-state index contributed by atoms with van der Waals surface area (Å²) in [7, 11) is 1.71. The van der Waals surface area contributed by atoms with Crippen molar-refractivity contribution >= 4 is 6.08 Å². The molecule has 0 amide bonds. The van der Waals surface area contributed by atoms with Crippen molar-refractivity contribution in [2.24, 2.45) is 7.05 Å². The number of halogens is 3. The second-order valence-corrected chi connectivity index (χ2v) is 5.37. The maximum atomic E-state index is 12.9. The molecule has 1 aromatic carbocycles. The minimum absolute atomic E-state index is 0.209. The number of aryl methyl sites for hydroxylation is 1. The summed E-state index contributed by atoms with van der Waals surface area (Å²) in [5, 5.41) is 0. The van der Waals surface area contributed by atoms with E-state index in [9.17, 15) is 18.0 Å². The molecule has 128 valence electrons. The molecule has 0 atom stereocenters. The van der Waals surface area contributed by atoms with Crippen LogP contribution in [-0.4, -0.2) is 11.2 Å². The largest absolute Gasteiger partial charge is 0.501 e. The Balaban J connectivity index is 2.46. The van der Waals surface area contributed by atoms with Gasteiger partial charge >= 0.3 is 6.18 Å². The smallest absolute Gasteiger partial charge is 0.416 e. The van der Waals surface area contributed by atoms with Gasteiger partial charge in [0.1, 0.15) is 0 Å². The molecule has 0 saturated carbocycles. The lowest BCUT2D eigenvalue weighted by atomic mass is 10.0. The van der Waals surface area contributed by atoms with Crippen molar-refractivity contribution in [1.82, 2.24) is 4.57 Å². The predicted molar refractivity (Wildman–Crippen MR) is 87.4 cm³/mol. The highest BCUT2D eigenvalue weighted by Crippen LogP contribution is 2.31. The third kappa shape index (κ3) is 4.28. The van der Waals surface area contributed by atoms with E-state index in [0.717, 1.165) is 18.6 Å². The molecule has 1 heterocycles. The summed E-state index contributed by atoms with van der Waals surface area (Å²) in [6.45, 7) is 2.49. The lowest BCUT2D eigenvalue weighted by molar-refractivity contribution is -0.137. The molecule has 0 aliphatic carbocycles. The second-order valence-electron chi connectivity index (χ2n) is 5.37. The van der Waals surface area contributed by atoms with Gasteiger partial charge < -0.3 is 9.30 Å². The van der Waals surface area contributed by atoms with Crippen molar-refractivity contribution in [3.8, 4) is 11.1 Å². The van der Waals surface area contributed by atoms with Crippen LogP contribution in [0.25, 0.3) is 17.2 Å². The number of nitrogens with zero attached hydrogens (tertiary/aromatic N) is 1. The van der Waals surface area contributed by atoms with Crippen LogP contribution in [0.2, 0.25) is 0 Å². The summed E-state index contributed by atoms with van der Waals surface area (Å²) in [6.07, 6.45) is 2.46. The molecule has 0 spiro atoms. The zero-order valence-electron chi connectivity index (χ0n) is 13.4. The quantitative estimate of drug-likeness (QED) is 0.595. The topological polar surface area (TPSA) is 31.2 Å². The third-order valence-electron chi connectivity index (χ3n) is 3.35. The van der Waals surface area contributed by atoms with E-state index in [2.05, 4.69) is 0 Å². The number of rotatable bonds is 5. The Morgan fingerprint density at radius 1 is 1.25 bits per heavy atom. The number of alkyl halides is 3. The minimum Gasteiger partial charge on any atom is -0.501 e.